The van der Waals surface area contributed by atoms with Crippen molar-refractivity contribution in [2.75, 3.05) is 0 Å². The summed E-state index contributed by atoms with van der Waals surface area (Å²) in [6.45, 7) is 4.06. The van der Waals surface area contributed by atoms with Crippen molar-refractivity contribution in [2.45, 2.75) is 13.8 Å². The van der Waals surface area contributed by atoms with E-state index in [0.717, 1.165) is 22.3 Å². The smallest absolute Gasteiger partial charge is 0.166 e. The second kappa shape index (κ2) is 5.57. The topological polar surface area (TPSA) is 40.5 Å². The lowest BCUT2D eigenvalue weighted by Gasteiger charge is -2.14. The first-order valence-electron chi connectivity index (χ1n) is 7.25. The van der Waals surface area contributed by atoms with E-state index in [1.165, 1.54) is 11.6 Å². The third-order valence-electron chi connectivity index (χ3n) is 3.86. The Hall–Kier alpha value is -2.74. The van der Waals surface area contributed by atoms with Crippen LogP contribution < -0.4 is 0 Å². The van der Waals surface area contributed by atoms with Crippen molar-refractivity contribution in [1.82, 2.24) is 0 Å². The molecule has 0 heterocycles. The largest absolute Gasteiger partial charge is 0.504 e. The molecule has 0 atom stereocenters. The molecule has 0 fully saturated rings. The molecule has 0 amide bonds. The van der Waals surface area contributed by atoms with Crippen LogP contribution in [0.1, 0.15) is 11.1 Å². The van der Waals surface area contributed by atoms with E-state index in [0.29, 0.717) is 5.56 Å². The van der Waals surface area contributed by atoms with E-state index < -0.39 is 0 Å². The third kappa shape index (κ3) is 2.56. The summed E-state index contributed by atoms with van der Waals surface area (Å²) in [6, 6.07) is 19.4. The van der Waals surface area contributed by atoms with Gasteiger partial charge in [0.2, 0.25) is 0 Å². The van der Waals surface area contributed by atoms with Crippen molar-refractivity contribution in [3.8, 4) is 33.8 Å². The zero-order valence-corrected chi connectivity index (χ0v) is 12.7. The summed E-state index contributed by atoms with van der Waals surface area (Å²) in [5.74, 6) is -0.187. The summed E-state index contributed by atoms with van der Waals surface area (Å²) in [4.78, 5) is 0. The van der Waals surface area contributed by atoms with Crippen LogP contribution in [0.2, 0.25) is 0 Å². The minimum Gasteiger partial charge on any atom is -0.504 e. The molecular weight excluding hydrogens is 272 g/mol. The maximum absolute atomic E-state index is 10.4. The van der Waals surface area contributed by atoms with Gasteiger partial charge in [0.05, 0.1) is 0 Å². The van der Waals surface area contributed by atoms with E-state index in [4.69, 9.17) is 0 Å². The molecule has 0 saturated heterocycles. The molecular formula is C20H18O2. The lowest BCUT2D eigenvalue weighted by Crippen LogP contribution is -1.88. The fourth-order valence-corrected chi connectivity index (χ4v) is 2.57. The Labute approximate surface area is 130 Å². The first kappa shape index (κ1) is 14.2. The molecule has 22 heavy (non-hydrogen) atoms. The summed E-state index contributed by atoms with van der Waals surface area (Å²) in [5.41, 5.74) is 5.79. The van der Waals surface area contributed by atoms with Gasteiger partial charge >= 0.3 is 0 Å². The van der Waals surface area contributed by atoms with Crippen LogP contribution >= 0.6 is 0 Å². The molecule has 0 unspecified atom stereocenters. The molecule has 3 aromatic carbocycles. The van der Waals surface area contributed by atoms with E-state index in [1.54, 1.807) is 0 Å². The predicted molar refractivity (Wildman–Crippen MR) is 90.1 cm³/mol. The minimum absolute atomic E-state index is 0.0815. The average molecular weight is 290 g/mol. The molecule has 0 aliphatic carbocycles. The van der Waals surface area contributed by atoms with Crippen molar-refractivity contribution >= 4 is 0 Å². The molecule has 0 aliphatic heterocycles. The predicted octanol–water partition coefficient (Wildman–Crippen LogP) is 5.05. The van der Waals surface area contributed by atoms with Crippen LogP contribution in [-0.4, -0.2) is 10.2 Å². The maximum Gasteiger partial charge on any atom is 0.166 e. The van der Waals surface area contributed by atoms with Crippen molar-refractivity contribution in [3.63, 3.8) is 0 Å². The second-order valence-electron chi connectivity index (χ2n) is 5.59. The van der Waals surface area contributed by atoms with Gasteiger partial charge in [-0.3, -0.25) is 0 Å². The van der Waals surface area contributed by atoms with Gasteiger partial charge in [0.15, 0.2) is 11.5 Å². The van der Waals surface area contributed by atoms with Gasteiger partial charge in [-0.15, -0.1) is 0 Å². The average Bonchev–Trinajstić information content (AvgIpc) is 2.52. The number of phenols is 2. The molecule has 0 spiro atoms. The number of hydrogen-bond acceptors (Lipinski definition) is 2. The fourth-order valence-electron chi connectivity index (χ4n) is 2.57. The SMILES string of the molecule is Cc1ccc(-c2ccc(O)c(O)c2-c2ccc(C)cc2)cc1. The number of hydrogen-bond donors (Lipinski definition) is 2. The van der Waals surface area contributed by atoms with Gasteiger partial charge in [0.25, 0.3) is 0 Å². The van der Waals surface area contributed by atoms with Gasteiger partial charge in [-0.05, 0) is 42.7 Å². The van der Waals surface area contributed by atoms with E-state index >= 15 is 0 Å². The highest BCUT2D eigenvalue weighted by Gasteiger charge is 2.15. The van der Waals surface area contributed by atoms with Crippen molar-refractivity contribution in [3.05, 3.63) is 71.8 Å². The minimum atomic E-state index is -0.105. The standard InChI is InChI=1S/C20H18O2/c1-13-3-7-15(8-4-13)17-11-12-18(21)20(22)19(17)16-9-5-14(2)6-10-16/h3-12,21-22H,1-2H3. The normalized spacial score (nSPS) is 10.6. The molecule has 0 radical (unpaired) electrons. The summed E-state index contributed by atoms with van der Waals surface area (Å²) >= 11 is 0. The Bertz CT molecular complexity index is 800. The number of rotatable bonds is 2. The van der Waals surface area contributed by atoms with Crippen LogP contribution in [0.25, 0.3) is 22.3 Å². The molecule has 2 heteroatoms. The van der Waals surface area contributed by atoms with Crippen molar-refractivity contribution in [1.29, 1.82) is 0 Å². The summed E-state index contributed by atoms with van der Waals surface area (Å²) in [5, 5.41) is 20.2. The zero-order valence-electron chi connectivity index (χ0n) is 12.7. The van der Waals surface area contributed by atoms with Crippen LogP contribution in [0.3, 0.4) is 0 Å². The Morgan fingerprint density at radius 2 is 1.09 bits per heavy atom. The van der Waals surface area contributed by atoms with Crippen LogP contribution in [-0.2, 0) is 0 Å². The molecule has 2 N–H and O–H groups in total. The quantitative estimate of drug-likeness (QED) is 0.648. The summed E-state index contributed by atoms with van der Waals surface area (Å²) < 4.78 is 0. The third-order valence-corrected chi connectivity index (χ3v) is 3.86. The van der Waals surface area contributed by atoms with Gasteiger partial charge in [-0.2, -0.15) is 0 Å². The number of phenolic OH excluding ortho intramolecular Hbond substituents is 2. The summed E-state index contributed by atoms with van der Waals surface area (Å²) in [7, 11) is 0. The first-order chi connectivity index (χ1) is 10.6. The Morgan fingerprint density at radius 3 is 1.64 bits per heavy atom. The Morgan fingerprint density at radius 1 is 0.591 bits per heavy atom. The highest BCUT2D eigenvalue weighted by atomic mass is 16.3. The van der Waals surface area contributed by atoms with Gasteiger partial charge in [-0.1, -0.05) is 59.7 Å². The maximum atomic E-state index is 10.4. The van der Waals surface area contributed by atoms with Gasteiger partial charge < -0.3 is 10.2 Å². The van der Waals surface area contributed by atoms with Crippen LogP contribution in [0, 0.1) is 13.8 Å². The molecule has 0 aromatic heterocycles. The number of aromatic hydroxyl groups is 2. The Balaban J connectivity index is 2.25. The molecule has 0 bridgehead atoms. The lowest BCUT2D eigenvalue weighted by atomic mass is 9.92. The molecule has 3 aromatic rings. The van der Waals surface area contributed by atoms with E-state index in [9.17, 15) is 10.2 Å². The first-order valence-corrected chi connectivity index (χ1v) is 7.25. The van der Waals surface area contributed by atoms with E-state index in [2.05, 4.69) is 0 Å². The molecule has 110 valence electrons. The van der Waals surface area contributed by atoms with Crippen LogP contribution in [0.5, 0.6) is 11.5 Å². The highest BCUT2D eigenvalue weighted by molar-refractivity contribution is 5.89. The van der Waals surface area contributed by atoms with Gasteiger partial charge in [-0.25, -0.2) is 0 Å². The molecule has 2 nitrogen and oxygen atoms in total. The van der Waals surface area contributed by atoms with E-state index in [-0.39, 0.29) is 11.5 Å². The van der Waals surface area contributed by atoms with Gasteiger partial charge in [0, 0.05) is 5.56 Å². The van der Waals surface area contributed by atoms with Crippen molar-refractivity contribution in [2.24, 2.45) is 0 Å². The second-order valence-corrected chi connectivity index (χ2v) is 5.59. The zero-order chi connectivity index (χ0) is 15.7. The number of benzene rings is 3. The monoisotopic (exact) mass is 290 g/mol. The molecule has 3 rings (SSSR count). The summed E-state index contributed by atoms with van der Waals surface area (Å²) in [6.07, 6.45) is 0. The highest BCUT2D eigenvalue weighted by Crippen LogP contribution is 2.43. The van der Waals surface area contributed by atoms with Gasteiger partial charge in [0.1, 0.15) is 0 Å². The van der Waals surface area contributed by atoms with Crippen LogP contribution in [0.4, 0.5) is 0 Å². The van der Waals surface area contributed by atoms with Crippen molar-refractivity contribution < 1.29 is 10.2 Å². The molecule has 0 saturated carbocycles. The number of aryl methyl sites for hydroxylation is 2. The van der Waals surface area contributed by atoms with E-state index in [1.807, 2.05) is 68.4 Å². The van der Waals surface area contributed by atoms with Crippen LogP contribution in [0.15, 0.2) is 60.7 Å². The lowest BCUT2D eigenvalue weighted by molar-refractivity contribution is 0.405. The Kier molecular flexibility index (Phi) is 3.60. The fraction of sp³-hybridized carbons (Fsp3) is 0.100. The molecule has 0 aliphatic rings.